The predicted molar refractivity (Wildman–Crippen MR) is 110 cm³/mol. The van der Waals surface area contributed by atoms with Gasteiger partial charge in [-0.2, -0.15) is 0 Å². The van der Waals surface area contributed by atoms with Gasteiger partial charge in [0, 0.05) is 33.4 Å². The lowest BCUT2D eigenvalue weighted by Crippen LogP contribution is -2.03. The highest BCUT2D eigenvalue weighted by atomic mass is 79.9. The van der Waals surface area contributed by atoms with Gasteiger partial charge in [-0.15, -0.1) is 17.0 Å². The van der Waals surface area contributed by atoms with Crippen LogP contribution in [0.1, 0.15) is 11.1 Å². The van der Waals surface area contributed by atoms with Crippen molar-refractivity contribution < 1.29 is 8.81 Å². The maximum absolute atomic E-state index is 14.0. The topological polar surface area (TPSA) is 113 Å². The van der Waals surface area contributed by atoms with Crippen molar-refractivity contribution in [2.24, 2.45) is 11.5 Å². The van der Waals surface area contributed by atoms with Gasteiger partial charge in [-0.05, 0) is 12.1 Å². The number of halogens is 2. The molecule has 0 saturated heterocycles. The summed E-state index contributed by atoms with van der Waals surface area (Å²) in [5.41, 5.74) is 13.6. The van der Waals surface area contributed by atoms with Crippen LogP contribution in [0.15, 0.2) is 34.7 Å². The molecule has 0 spiro atoms. The van der Waals surface area contributed by atoms with E-state index in [1.807, 2.05) is 18.2 Å². The molecule has 0 radical (unpaired) electrons. The second-order valence-corrected chi connectivity index (χ2v) is 7.18. The molecule has 0 aliphatic rings. The number of fused-ring (bicyclic) bond motifs is 3. The van der Waals surface area contributed by atoms with Crippen LogP contribution in [0.2, 0.25) is 0 Å². The Morgan fingerprint density at radius 2 is 1.56 bits per heavy atom. The van der Waals surface area contributed by atoms with Gasteiger partial charge in [-0.1, -0.05) is 41.7 Å². The number of hydrogen-bond donors (Lipinski definition) is 4. The number of furan rings is 1. The lowest BCUT2D eigenvalue weighted by molar-refractivity contribution is 0.623. The summed E-state index contributed by atoms with van der Waals surface area (Å²) in [5.74, 6) is 0.515. The van der Waals surface area contributed by atoms with E-state index in [4.69, 9.17) is 26.7 Å². The molecule has 0 aliphatic carbocycles. The normalized spacial score (nSPS) is 10.8. The van der Waals surface area contributed by atoms with Crippen LogP contribution in [0.5, 0.6) is 0 Å². The Morgan fingerprint density at radius 1 is 0.960 bits per heavy atom. The average molecular weight is 443 g/mol. The standard InChI is InChI=1S/C16H15FN4OS2.BrH/c17-10-4-9(7-24-16(20)21)14-12(5-10)11-3-1-2-8(13(11)22-14)6-23-15(18)19;/h1-5H,6-7H2,(H3,18,19)(H3,20,21);1H. The third-order valence-electron chi connectivity index (χ3n) is 3.49. The van der Waals surface area contributed by atoms with E-state index in [2.05, 4.69) is 0 Å². The van der Waals surface area contributed by atoms with Crippen molar-refractivity contribution in [3.8, 4) is 0 Å². The molecule has 1 heterocycles. The zero-order valence-corrected chi connectivity index (χ0v) is 16.3. The number of para-hydroxylation sites is 1. The monoisotopic (exact) mass is 442 g/mol. The number of nitrogens with one attached hydrogen (secondary N) is 2. The predicted octanol–water partition coefficient (Wildman–Crippen LogP) is 4.56. The van der Waals surface area contributed by atoms with Crippen LogP contribution in [0.4, 0.5) is 4.39 Å². The van der Waals surface area contributed by atoms with Crippen LogP contribution in [0, 0.1) is 16.6 Å². The Hall–Kier alpha value is -1.71. The Bertz CT molecular complexity index is 960. The molecule has 0 saturated carbocycles. The fourth-order valence-electron chi connectivity index (χ4n) is 2.52. The first-order chi connectivity index (χ1) is 11.5. The molecule has 0 aliphatic heterocycles. The molecular weight excluding hydrogens is 427 g/mol. The molecule has 0 bridgehead atoms. The number of amidine groups is 2. The summed E-state index contributed by atoms with van der Waals surface area (Å²) in [5, 5.41) is 16.2. The van der Waals surface area contributed by atoms with Crippen molar-refractivity contribution in [1.82, 2.24) is 0 Å². The molecule has 6 N–H and O–H groups in total. The summed E-state index contributed by atoms with van der Waals surface area (Å²) in [6, 6.07) is 8.52. The summed E-state index contributed by atoms with van der Waals surface area (Å²) >= 11 is 2.33. The van der Waals surface area contributed by atoms with Crippen LogP contribution >= 0.6 is 40.5 Å². The van der Waals surface area contributed by atoms with Gasteiger partial charge in [-0.3, -0.25) is 10.8 Å². The van der Waals surface area contributed by atoms with Gasteiger partial charge in [0.2, 0.25) is 0 Å². The molecule has 1 aromatic heterocycles. The minimum atomic E-state index is -0.354. The molecular formula is C16H16BrFN4OS2. The first-order valence-electron chi connectivity index (χ1n) is 7.02. The number of thioether (sulfide) groups is 2. The van der Waals surface area contributed by atoms with Crippen LogP contribution in [0.25, 0.3) is 21.9 Å². The molecule has 0 fully saturated rings. The van der Waals surface area contributed by atoms with E-state index in [0.717, 1.165) is 22.7 Å². The first-order valence-corrected chi connectivity index (χ1v) is 8.99. The first kappa shape index (κ1) is 19.6. The van der Waals surface area contributed by atoms with Gasteiger partial charge in [0.25, 0.3) is 0 Å². The SMILES string of the molecule is Br.N=C(N)SCc1cccc2c1oc1c(CSC(=N)N)cc(F)cc12. The van der Waals surface area contributed by atoms with Crippen molar-refractivity contribution in [2.75, 3.05) is 0 Å². The Labute approximate surface area is 162 Å². The molecule has 132 valence electrons. The highest BCUT2D eigenvalue weighted by molar-refractivity contribution is 8.93. The van der Waals surface area contributed by atoms with Gasteiger partial charge in [-0.25, -0.2) is 4.39 Å². The van der Waals surface area contributed by atoms with E-state index in [0.29, 0.717) is 33.6 Å². The molecule has 5 nitrogen and oxygen atoms in total. The highest BCUT2D eigenvalue weighted by Gasteiger charge is 2.15. The zero-order valence-electron chi connectivity index (χ0n) is 13.0. The van der Waals surface area contributed by atoms with Crippen LogP contribution < -0.4 is 11.5 Å². The summed E-state index contributed by atoms with van der Waals surface area (Å²) in [4.78, 5) is 0. The Morgan fingerprint density at radius 3 is 2.20 bits per heavy atom. The molecule has 25 heavy (non-hydrogen) atoms. The number of rotatable bonds is 4. The summed E-state index contributed by atoms with van der Waals surface area (Å²) in [6.45, 7) is 0. The second kappa shape index (κ2) is 8.11. The van der Waals surface area contributed by atoms with Gasteiger partial charge < -0.3 is 15.9 Å². The second-order valence-electron chi connectivity index (χ2n) is 5.14. The van der Waals surface area contributed by atoms with Crippen molar-refractivity contribution in [1.29, 1.82) is 10.8 Å². The van der Waals surface area contributed by atoms with Crippen molar-refractivity contribution in [2.45, 2.75) is 11.5 Å². The van der Waals surface area contributed by atoms with Crippen molar-refractivity contribution in [3.05, 3.63) is 47.3 Å². The minimum absolute atomic E-state index is 0. The molecule has 0 amide bonds. The fourth-order valence-corrected chi connectivity index (χ4v) is 3.59. The Balaban J connectivity index is 0.00000225. The Kier molecular flexibility index (Phi) is 6.36. The van der Waals surface area contributed by atoms with E-state index in [9.17, 15) is 4.39 Å². The van der Waals surface area contributed by atoms with Gasteiger partial charge in [0.15, 0.2) is 10.3 Å². The molecule has 3 rings (SSSR count). The van der Waals surface area contributed by atoms with E-state index < -0.39 is 0 Å². The highest BCUT2D eigenvalue weighted by Crippen LogP contribution is 2.35. The zero-order chi connectivity index (χ0) is 17.3. The molecule has 0 atom stereocenters. The molecule has 3 aromatic rings. The third-order valence-corrected chi connectivity index (χ3v) is 5.02. The summed E-state index contributed by atoms with van der Waals surface area (Å²) in [6.07, 6.45) is 0. The maximum Gasteiger partial charge on any atom is 0.151 e. The lowest BCUT2D eigenvalue weighted by atomic mass is 10.1. The summed E-state index contributed by atoms with van der Waals surface area (Å²) in [7, 11) is 0. The number of benzene rings is 2. The fraction of sp³-hybridized carbons (Fsp3) is 0.125. The van der Waals surface area contributed by atoms with Crippen LogP contribution in [0.3, 0.4) is 0 Å². The van der Waals surface area contributed by atoms with Gasteiger partial charge >= 0.3 is 0 Å². The summed E-state index contributed by atoms with van der Waals surface area (Å²) < 4.78 is 20.0. The van der Waals surface area contributed by atoms with E-state index in [1.165, 1.54) is 23.9 Å². The quantitative estimate of drug-likeness (QED) is 0.349. The van der Waals surface area contributed by atoms with Crippen molar-refractivity contribution >= 4 is 72.8 Å². The number of nitrogens with two attached hydrogens (primary N) is 2. The van der Waals surface area contributed by atoms with E-state index >= 15 is 0 Å². The smallest absolute Gasteiger partial charge is 0.151 e. The van der Waals surface area contributed by atoms with Crippen molar-refractivity contribution in [3.63, 3.8) is 0 Å². The minimum Gasteiger partial charge on any atom is -0.455 e. The van der Waals surface area contributed by atoms with Crippen LogP contribution in [-0.4, -0.2) is 10.3 Å². The van der Waals surface area contributed by atoms with E-state index in [1.54, 1.807) is 0 Å². The molecule has 0 unspecified atom stereocenters. The third kappa shape index (κ3) is 4.28. The van der Waals surface area contributed by atoms with Gasteiger partial charge in [0.1, 0.15) is 17.0 Å². The largest absolute Gasteiger partial charge is 0.455 e. The molecule has 2 aromatic carbocycles. The van der Waals surface area contributed by atoms with Crippen LogP contribution in [-0.2, 0) is 11.5 Å². The molecule has 9 heteroatoms. The maximum atomic E-state index is 14.0. The average Bonchev–Trinajstić information content (AvgIpc) is 2.89. The lowest BCUT2D eigenvalue weighted by Gasteiger charge is -2.02. The number of hydrogen-bond acceptors (Lipinski definition) is 5. The van der Waals surface area contributed by atoms with Gasteiger partial charge in [0.05, 0.1) is 0 Å². The van der Waals surface area contributed by atoms with E-state index in [-0.39, 0.29) is 33.1 Å².